The second-order valence-electron chi connectivity index (χ2n) is 17.1. The first kappa shape index (κ1) is 57.4. The van der Waals surface area contributed by atoms with E-state index in [0.717, 1.165) is 10.5 Å². The number of nitrogens with two attached hydrogens (primary N) is 2. The van der Waals surface area contributed by atoms with Crippen molar-refractivity contribution in [1.82, 2.24) is 45.3 Å². The normalized spacial score (nSPS) is 18.2. The topological polar surface area (TPSA) is 378 Å². The van der Waals surface area contributed by atoms with Crippen LogP contribution in [0.3, 0.4) is 0 Å². The molecule has 0 aliphatic carbocycles. The molecule has 2 saturated heterocycles. The monoisotopic (exact) mass is 977 g/mol. The zero-order valence-electron chi connectivity index (χ0n) is 39.1. The molecule has 0 spiro atoms. The summed E-state index contributed by atoms with van der Waals surface area (Å²) in [6.07, 6.45) is 0.672. The number of rotatable bonds is 25. The van der Waals surface area contributed by atoms with Gasteiger partial charge in [0.05, 0.1) is 44.8 Å². The number of guanidine groups is 1. The maximum absolute atomic E-state index is 13.6. The lowest BCUT2D eigenvalue weighted by molar-refractivity contribution is -0.140. The Bertz CT molecular complexity index is 1880. The van der Waals surface area contributed by atoms with Crippen molar-refractivity contribution in [2.75, 3.05) is 112 Å². The van der Waals surface area contributed by atoms with E-state index in [2.05, 4.69) is 20.9 Å². The fraction of sp³-hybridized carbons (Fsp3) is 0.643. The van der Waals surface area contributed by atoms with Gasteiger partial charge < -0.3 is 67.7 Å². The van der Waals surface area contributed by atoms with Crippen molar-refractivity contribution < 1.29 is 68.8 Å². The number of aliphatic hydroxyl groups excluding tert-OH is 1. The zero-order chi connectivity index (χ0) is 51.0. The summed E-state index contributed by atoms with van der Waals surface area (Å²) < 4.78 is 0. The van der Waals surface area contributed by atoms with Gasteiger partial charge in [-0.15, -0.1) is 0 Å². The van der Waals surface area contributed by atoms with Crippen molar-refractivity contribution in [3.05, 3.63) is 35.4 Å². The van der Waals surface area contributed by atoms with Gasteiger partial charge in [0.15, 0.2) is 5.96 Å². The lowest BCUT2D eigenvalue weighted by atomic mass is 9.77. The Kier molecular flexibility index (Phi) is 24.8. The SMILES string of the molecule is CN(Cc1ccc(C(=O)NCC(=O)N2CC(O)CC2B(O)O)cc1)C(=O)CCCCNC(=O)C(CCCN=C(N)N)NC(=O)CN1CCN(CC(=O)O)CCN(CC(=O)O)CCN(CC(=O)O)CC1. The van der Waals surface area contributed by atoms with E-state index in [-0.39, 0.29) is 141 Å². The molecule has 2 aliphatic rings. The smallest absolute Gasteiger partial charge is 0.475 e. The van der Waals surface area contributed by atoms with E-state index < -0.39 is 73.3 Å². The number of unbranched alkanes of at least 4 members (excludes halogenated alkanes) is 1. The third-order valence-electron chi connectivity index (χ3n) is 11.5. The number of aliphatic hydroxyl groups is 1. The summed E-state index contributed by atoms with van der Waals surface area (Å²) in [4.78, 5) is 113. The molecule has 26 nitrogen and oxygen atoms in total. The summed E-state index contributed by atoms with van der Waals surface area (Å²) in [7, 11) is -0.195. The number of β-amino-alcohol motifs (C(OH)–C–C–N with tert-alkyl or cyclic N) is 1. The van der Waals surface area contributed by atoms with Crippen LogP contribution in [-0.4, -0.2) is 250 Å². The number of carbonyl (C=O) groups excluding carboxylic acids is 5. The predicted molar refractivity (Wildman–Crippen MR) is 249 cm³/mol. The molecule has 0 bridgehead atoms. The summed E-state index contributed by atoms with van der Waals surface area (Å²) in [5, 5.41) is 65.4. The molecule has 2 heterocycles. The highest BCUT2D eigenvalue weighted by molar-refractivity contribution is 6.43. The molecule has 384 valence electrons. The van der Waals surface area contributed by atoms with Crippen molar-refractivity contribution in [3.8, 4) is 0 Å². The molecule has 1 aromatic rings. The molecule has 13 N–H and O–H groups in total. The number of carboxylic acids is 3. The molecular formula is C42H69BN12O14. The van der Waals surface area contributed by atoms with Crippen LogP contribution >= 0.6 is 0 Å². The highest BCUT2D eigenvalue weighted by atomic mass is 16.4. The fourth-order valence-electron chi connectivity index (χ4n) is 7.82. The Balaban J connectivity index is 1.51. The van der Waals surface area contributed by atoms with E-state index in [1.807, 2.05) is 0 Å². The van der Waals surface area contributed by atoms with Gasteiger partial charge in [-0.3, -0.25) is 62.9 Å². The third kappa shape index (κ3) is 22.3. The molecule has 3 unspecified atom stereocenters. The van der Waals surface area contributed by atoms with Crippen molar-refractivity contribution in [2.45, 2.75) is 63.2 Å². The zero-order valence-corrected chi connectivity index (χ0v) is 39.1. The number of hydrogen-bond acceptors (Lipinski definition) is 16. The van der Waals surface area contributed by atoms with E-state index in [0.29, 0.717) is 19.3 Å². The van der Waals surface area contributed by atoms with Crippen LogP contribution < -0.4 is 27.4 Å². The van der Waals surface area contributed by atoms with Gasteiger partial charge in [0.2, 0.25) is 23.6 Å². The summed E-state index contributed by atoms with van der Waals surface area (Å²) in [5.41, 5.74) is 11.9. The molecule has 3 atom stereocenters. The maximum Gasteiger partial charge on any atom is 0.475 e. The molecule has 1 aromatic carbocycles. The van der Waals surface area contributed by atoms with Crippen LogP contribution in [0.4, 0.5) is 0 Å². The standard InChI is InChI=1S/C42H69BN12O14/c1-50(23-29-7-9-30(10-8-29)40(66)48-22-36(59)55-24-31(56)21-33(55)43(68)69)35(58)6-2-3-11-46-41(67)32(5-4-12-47-42(44)45)49-34(57)25-51-13-15-52(26-37(60)61)17-19-54(28-39(64)65)20-18-53(16-14-51)27-38(62)63/h7-10,31-33,56,68-69H,2-6,11-28H2,1H3,(H,46,67)(H,48,66)(H,49,57)(H,60,61)(H,62,63)(H,64,65)(H4,44,45,47). The molecule has 0 saturated carbocycles. The molecule has 2 aliphatic heterocycles. The van der Waals surface area contributed by atoms with Crippen LogP contribution in [-0.2, 0) is 40.1 Å². The predicted octanol–water partition coefficient (Wildman–Crippen LogP) is -5.35. The van der Waals surface area contributed by atoms with Crippen LogP contribution in [0.1, 0.15) is 54.4 Å². The number of benzene rings is 1. The summed E-state index contributed by atoms with van der Waals surface area (Å²) in [5.74, 6) is -6.60. The molecule has 27 heteroatoms. The van der Waals surface area contributed by atoms with Crippen LogP contribution in [0, 0.1) is 0 Å². The quantitative estimate of drug-likeness (QED) is 0.0189. The number of nitrogens with zero attached hydrogens (tertiary/aromatic N) is 7. The summed E-state index contributed by atoms with van der Waals surface area (Å²) in [6.45, 7) is 0.680. The van der Waals surface area contributed by atoms with Crippen molar-refractivity contribution in [2.24, 2.45) is 16.5 Å². The van der Waals surface area contributed by atoms with Crippen LogP contribution in [0.25, 0.3) is 0 Å². The first-order valence-corrected chi connectivity index (χ1v) is 22.8. The second-order valence-corrected chi connectivity index (χ2v) is 17.1. The van der Waals surface area contributed by atoms with Crippen molar-refractivity contribution in [3.63, 3.8) is 0 Å². The number of aliphatic carboxylic acids is 3. The Morgan fingerprint density at radius 3 is 1.78 bits per heavy atom. The minimum atomic E-state index is -1.83. The maximum atomic E-state index is 13.6. The number of carboxylic acid groups (broad SMARTS) is 3. The van der Waals surface area contributed by atoms with E-state index >= 15 is 0 Å². The average Bonchev–Trinajstić information content (AvgIpc) is 3.68. The number of likely N-dealkylation sites (tertiary alicyclic amines) is 1. The summed E-state index contributed by atoms with van der Waals surface area (Å²) >= 11 is 0. The van der Waals surface area contributed by atoms with E-state index in [9.17, 15) is 68.8 Å². The van der Waals surface area contributed by atoms with Crippen molar-refractivity contribution in [1.29, 1.82) is 0 Å². The number of hydrogen-bond donors (Lipinski definition) is 11. The lowest BCUT2D eigenvalue weighted by Gasteiger charge is -2.33. The lowest BCUT2D eigenvalue weighted by Crippen LogP contribution is -2.52. The largest absolute Gasteiger partial charge is 0.480 e. The van der Waals surface area contributed by atoms with Gasteiger partial charge in [-0.05, 0) is 49.8 Å². The fourth-order valence-corrected chi connectivity index (χ4v) is 7.82. The number of carbonyl (C=O) groups is 8. The molecule has 3 rings (SSSR count). The van der Waals surface area contributed by atoms with Crippen LogP contribution in [0.2, 0.25) is 0 Å². The summed E-state index contributed by atoms with van der Waals surface area (Å²) in [6, 6.07) is 5.44. The van der Waals surface area contributed by atoms with Gasteiger partial charge in [-0.2, -0.15) is 0 Å². The highest BCUT2D eigenvalue weighted by Gasteiger charge is 2.41. The number of aliphatic imine (C=N–C) groups is 1. The van der Waals surface area contributed by atoms with Gasteiger partial charge in [0.25, 0.3) is 5.91 Å². The Hall–Kier alpha value is -5.97. The Morgan fingerprint density at radius 1 is 0.768 bits per heavy atom. The van der Waals surface area contributed by atoms with Gasteiger partial charge in [-0.25, -0.2) is 0 Å². The van der Waals surface area contributed by atoms with Crippen LogP contribution in [0.15, 0.2) is 29.3 Å². The molecule has 0 aromatic heterocycles. The molecule has 0 radical (unpaired) electrons. The molecule has 69 heavy (non-hydrogen) atoms. The Labute approximate surface area is 400 Å². The Morgan fingerprint density at radius 2 is 1.29 bits per heavy atom. The van der Waals surface area contributed by atoms with E-state index in [1.54, 1.807) is 50.9 Å². The average molecular weight is 977 g/mol. The second kappa shape index (κ2) is 29.8. The van der Waals surface area contributed by atoms with Crippen LogP contribution in [0.5, 0.6) is 0 Å². The molecular weight excluding hydrogens is 907 g/mol. The van der Waals surface area contributed by atoms with Gasteiger partial charge >= 0.3 is 25.0 Å². The van der Waals surface area contributed by atoms with Gasteiger partial charge in [0.1, 0.15) is 6.04 Å². The first-order chi connectivity index (χ1) is 32.7. The van der Waals surface area contributed by atoms with E-state index in [1.165, 1.54) is 4.90 Å². The minimum Gasteiger partial charge on any atom is -0.480 e. The van der Waals surface area contributed by atoms with Gasteiger partial charge in [-0.1, -0.05) is 12.1 Å². The molecule has 2 fully saturated rings. The molecule has 5 amide bonds. The number of nitrogens with one attached hydrogen (secondary N) is 3. The highest BCUT2D eigenvalue weighted by Crippen LogP contribution is 2.19. The van der Waals surface area contributed by atoms with E-state index in [4.69, 9.17) is 11.5 Å². The van der Waals surface area contributed by atoms with Crippen molar-refractivity contribution >= 4 is 60.5 Å². The number of amides is 5. The minimum absolute atomic E-state index is 0.00983. The third-order valence-corrected chi connectivity index (χ3v) is 11.5. The van der Waals surface area contributed by atoms with Gasteiger partial charge in [0, 0.05) is 97.6 Å². The first-order valence-electron chi connectivity index (χ1n) is 22.8.